The zero-order valence-electron chi connectivity index (χ0n) is 19.2. The summed E-state index contributed by atoms with van der Waals surface area (Å²) in [6.45, 7) is 6.02. The van der Waals surface area contributed by atoms with Crippen molar-refractivity contribution in [3.05, 3.63) is 103 Å². The van der Waals surface area contributed by atoms with E-state index in [0.717, 1.165) is 28.1 Å². The van der Waals surface area contributed by atoms with Crippen LogP contribution in [0.2, 0.25) is 0 Å². The molecule has 2 aromatic carbocycles. The zero-order valence-corrected chi connectivity index (χ0v) is 20.0. The van der Waals surface area contributed by atoms with Crippen molar-refractivity contribution in [2.45, 2.75) is 18.0 Å². The molecule has 0 fully saturated rings. The number of rotatable bonds is 8. The highest BCUT2D eigenvalue weighted by Crippen LogP contribution is 2.38. The Morgan fingerprint density at radius 2 is 1.97 bits per heavy atom. The van der Waals surface area contributed by atoms with Crippen LogP contribution in [0.4, 0.5) is 5.69 Å². The molecule has 0 saturated heterocycles. The van der Waals surface area contributed by atoms with E-state index in [2.05, 4.69) is 27.2 Å². The first-order valence-electron chi connectivity index (χ1n) is 11.0. The van der Waals surface area contributed by atoms with Gasteiger partial charge in [-0.25, -0.2) is 18.5 Å². The number of fused-ring (bicyclic) bond motifs is 1. The molecular weight excluding hydrogens is 460 g/mol. The van der Waals surface area contributed by atoms with Crippen molar-refractivity contribution in [3.63, 3.8) is 0 Å². The Balaban J connectivity index is 1.85. The van der Waals surface area contributed by atoms with Crippen LogP contribution in [0.15, 0.2) is 107 Å². The maximum atomic E-state index is 12.2. The molecule has 35 heavy (non-hydrogen) atoms. The minimum atomic E-state index is -4.01. The molecule has 0 radical (unpaired) electrons. The van der Waals surface area contributed by atoms with Crippen molar-refractivity contribution in [1.29, 1.82) is 0 Å². The molecule has 1 aliphatic rings. The zero-order chi connectivity index (χ0) is 24.8. The van der Waals surface area contributed by atoms with E-state index in [1.807, 2.05) is 67.6 Å². The molecule has 1 aromatic heterocycles. The fourth-order valence-corrected chi connectivity index (χ4v) is 4.62. The van der Waals surface area contributed by atoms with Gasteiger partial charge in [-0.2, -0.15) is 0 Å². The maximum absolute atomic E-state index is 12.2. The molecule has 1 aliphatic heterocycles. The number of pyridine rings is 1. The van der Waals surface area contributed by atoms with Gasteiger partial charge in [-0.05, 0) is 36.3 Å². The Bertz CT molecular complexity index is 1430. The fraction of sp³-hybridized carbons (Fsp3) is 0.115. The molecule has 4 N–H and O–H groups in total. The third-order valence-corrected chi connectivity index (χ3v) is 6.35. The summed E-state index contributed by atoms with van der Waals surface area (Å²) in [5.41, 5.74) is 4.92. The second-order valence-electron chi connectivity index (χ2n) is 7.74. The van der Waals surface area contributed by atoms with Crippen LogP contribution in [0.3, 0.4) is 0 Å². The van der Waals surface area contributed by atoms with E-state index in [9.17, 15) is 8.42 Å². The third kappa shape index (κ3) is 5.43. The lowest BCUT2D eigenvalue weighted by molar-refractivity contribution is 0.595. The van der Waals surface area contributed by atoms with Gasteiger partial charge in [0.05, 0.1) is 5.71 Å². The minimum absolute atomic E-state index is 0.101. The van der Waals surface area contributed by atoms with E-state index in [1.165, 1.54) is 18.6 Å². The monoisotopic (exact) mass is 486 g/mol. The summed E-state index contributed by atoms with van der Waals surface area (Å²) >= 11 is 0. The third-order valence-electron chi connectivity index (χ3n) is 5.41. The average molecular weight is 487 g/mol. The Morgan fingerprint density at radius 3 is 2.69 bits per heavy atom. The molecule has 0 spiro atoms. The van der Waals surface area contributed by atoms with Gasteiger partial charge in [-0.3, -0.25) is 15.3 Å². The van der Waals surface area contributed by atoms with E-state index in [1.54, 1.807) is 6.07 Å². The molecule has 0 saturated carbocycles. The van der Waals surface area contributed by atoms with Crippen LogP contribution in [0.5, 0.6) is 0 Å². The quantitative estimate of drug-likeness (QED) is 0.415. The van der Waals surface area contributed by atoms with E-state index in [0.29, 0.717) is 17.9 Å². The number of nitrogens with two attached hydrogens (primary N) is 1. The second kappa shape index (κ2) is 10.6. The number of primary sulfonamides is 1. The normalized spacial score (nSPS) is 15.9. The van der Waals surface area contributed by atoms with Crippen LogP contribution in [0, 0.1) is 0 Å². The van der Waals surface area contributed by atoms with Crippen molar-refractivity contribution in [1.82, 2.24) is 10.3 Å². The van der Waals surface area contributed by atoms with Gasteiger partial charge >= 0.3 is 0 Å². The van der Waals surface area contributed by atoms with Crippen molar-refractivity contribution >= 4 is 27.3 Å². The van der Waals surface area contributed by atoms with Gasteiger partial charge in [-0.1, -0.05) is 55.1 Å². The van der Waals surface area contributed by atoms with Crippen molar-refractivity contribution in [2.75, 3.05) is 11.9 Å². The number of amidine groups is 1. The van der Waals surface area contributed by atoms with Gasteiger partial charge in [0.2, 0.25) is 10.0 Å². The standard InChI is InChI=1S/C26H26N6O2S/c1-3-9-19(29-4-2)16-30-26-24-20(18-10-6-5-7-11-18)12-8-13-22(24)31-25(32-26)21-14-15-28-17-23(21)35(27,33)34/h3-15,17,26,30H,2,16H2,1H3,(H,31,32)(H2,27,33,34)/b9-3-,29-19?. The molecule has 4 rings (SSSR count). The first-order valence-corrected chi connectivity index (χ1v) is 12.5. The van der Waals surface area contributed by atoms with Gasteiger partial charge in [0.25, 0.3) is 0 Å². The summed E-state index contributed by atoms with van der Waals surface area (Å²) in [4.78, 5) is 13.0. The first kappa shape index (κ1) is 24.2. The number of allylic oxidation sites excluding steroid dienone is 1. The van der Waals surface area contributed by atoms with Crippen LogP contribution in [-0.4, -0.2) is 31.5 Å². The molecular formula is C26H26N6O2S. The first-order chi connectivity index (χ1) is 16.9. The summed E-state index contributed by atoms with van der Waals surface area (Å²) in [7, 11) is -4.01. The lowest BCUT2D eigenvalue weighted by Gasteiger charge is -2.29. The van der Waals surface area contributed by atoms with Crippen molar-refractivity contribution in [2.24, 2.45) is 15.1 Å². The highest BCUT2D eigenvalue weighted by molar-refractivity contribution is 7.89. The minimum Gasteiger partial charge on any atom is -0.340 e. The molecule has 178 valence electrons. The number of anilines is 1. The molecule has 8 nitrogen and oxygen atoms in total. The van der Waals surface area contributed by atoms with Gasteiger partial charge in [0.15, 0.2) is 0 Å². The molecule has 3 aromatic rings. The average Bonchev–Trinajstić information content (AvgIpc) is 2.87. The van der Waals surface area contributed by atoms with E-state index < -0.39 is 16.2 Å². The number of benzene rings is 2. The summed E-state index contributed by atoms with van der Waals surface area (Å²) in [5, 5.41) is 12.2. The summed E-state index contributed by atoms with van der Waals surface area (Å²) in [5.74, 6) is 0.375. The van der Waals surface area contributed by atoms with Crippen LogP contribution in [0.1, 0.15) is 24.2 Å². The number of aromatic nitrogens is 1. The molecule has 0 amide bonds. The largest absolute Gasteiger partial charge is 0.340 e. The predicted molar refractivity (Wildman–Crippen MR) is 141 cm³/mol. The Labute approximate surface area is 205 Å². The number of nitrogens with one attached hydrogen (secondary N) is 2. The second-order valence-corrected chi connectivity index (χ2v) is 9.27. The molecule has 1 atom stereocenters. The highest BCUT2D eigenvalue weighted by atomic mass is 32.2. The van der Waals surface area contributed by atoms with Crippen LogP contribution >= 0.6 is 0 Å². The lowest BCUT2D eigenvalue weighted by Crippen LogP contribution is -2.33. The van der Waals surface area contributed by atoms with E-state index in [-0.39, 0.29) is 4.90 Å². The predicted octanol–water partition coefficient (Wildman–Crippen LogP) is 4.02. The highest BCUT2D eigenvalue weighted by Gasteiger charge is 2.28. The van der Waals surface area contributed by atoms with Gasteiger partial charge < -0.3 is 5.32 Å². The van der Waals surface area contributed by atoms with Crippen LogP contribution in [-0.2, 0) is 10.0 Å². The Hall–Kier alpha value is -3.92. The SMILES string of the molecule is C=CN=C(/C=C\C)CNC1N=C(c2ccncc2S(N)(=O)=O)Nc2cccc(-c3ccccc3)c21. The Morgan fingerprint density at radius 1 is 1.17 bits per heavy atom. The number of sulfonamides is 1. The van der Waals surface area contributed by atoms with Gasteiger partial charge in [0, 0.05) is 42.0 Å². The topological polar surface area (TPSA) is 122 Å². The number of aliphatic imine (C=N–C) groups is 2. The summed E-state index contributed by atoms with van der Waals surface area (Å²) in [6.07, 6.45) is 7.53. The van der Waals surface area contributed by atoms with Gasteiger partial charge in [-0.15, -0.1) is 0 Å². The number of hydrogen-bond acceptors (Lipinski definition) is 7. The lowest BCUT2D eigenvalue weighted by atomic mass is 9.94. The van der Waals surface area contributed by atoms with E-state index >= 15 is 0 Å². The fourth-order valence-electron chi connectivity index (χ4n) is 3.94. The van der Waals surface area contributed by atoms with Crippen molar-refractivity contribution in [3.8, 4) is 11.1 Å². The summed E-state index contributed by atoms with van der Waals surface area (Å²) < 4.78 is 24.5. The molecule has 0 aliphatic carbocycles. The number of hydrogen-bond donors (Lipinski definition) is 3. The van der Waals surface area contributed by atoms with Crippen molar-refractivity contribution < 1.29 is 8.42 Å². The summed E-state index contributed by atoms with van der Waals surface area (Å²) in [6, 6.07) is 17.5. The molecule has 9 heteroatoms. The molecule has 0 bridgehead atoms. The molecule has 1 unspecified atom stereocenters. The maximum Gasteiger partial charge on any atom is 0.240 e. The van der Waals surface area contributed by atoms with E-state index in [4.69, 9.17) is 10.1 Å². The van der Waals surface area contributed by atoms with Gasteiger partial charge in [0.1, 0.15) is 16.9 Å². The smallest absolute Gasteiger partial charge is 0.240 e. The van der Waals surface area contributed by atoms with Crippen LogP contribution in [0.25, 0.3) is 11.1 Å². The Kier molecular flexibility index (Phi) is 7.31. The molecule has 2 heterocycles. The number of nitrogens with zero attached hydrogens (tertiary/aromatic N) is 3. The van der Waals surface area contributed by atoms with Crippen LogP contribution < -0.4 is 15.8 Å².